The van der Waals surface area contributed by atoms with Gasteiger partial charge < -0.3 is 0 Å². The Morgan fingerprint density at radius 3 is 2.39 bits per heavy atom. The molecule has 8 rings (SSSR count). The Bertz CT molecular complexity index is 2030. The second-order valence-corrected chi connectivity index (χ2v) is 11.0. The van der Waals surface area contributed by atoms with Gasteiger partial charge in [0, 0.05) is 23.9 Å². The van der Waals surface area contributed by atoms with Gasteiger partial charge in [-0.2, -0.15) is 0 Å². The molecule has 0 amide bonds. The summed E-state index contributed by atoms with van der Waals surface area (Å²) in [5, 5.41) is 2.58. The number of hydrogen-bond donors (Lipinski definition) is 0. The van der Waals surface area contributed by atoms with Crippen molar-refractivity contribution < 1.29 is 0 Å². The first kappa shape index (κ1) is 23.9. The van der Waals surface area contributed by atoms with E-state index in [0.29, 0.717) is 0 Å². The number of fused-ring (bicyclic) bond motifs is 4. The van der Waals surface area contributed by atoms with E-state index in [0.717, 1.165) is 29.0 Å². The van der Waals surface area contributed by atoms with E-state index in [1.807, 2.05) is 0 Å². The molecular weight excluding hydrogens is 496 g/mol. The zero-order valence-electron chi connectivity index (χ0n) is 23.0. The molecule has 0 radical (unpaired) electrons. The molecule has 0 bridgehead atoms. The minimum atomic E-state index is 0.263. The molecular formula is C39H30N2. The first-order valence-corrected chi connectivity index (χ1v) is 14.5. The molecule has 1 heterocycles. The maximum atomic E-state index is 4.90. The lowest BCUT2D eigenvalue weighted by molar-refractivity contribution is 0.649. The third kappa shape index (κ3) is 3.82. The van der Waals surface area contributed by atoms with Crippen LogP contribution < -0.4 is 0 Å². The standard InChI is InChI=1S/C39H30N2/c1-2-37-40-35-17-9-10-18-36(35)41(37)30-23-21-27(22-24-30)38-31-13-5-7-15-33(31)39(34-16-8-6-14-32(34)38)29-20-19-26-11-3-4-12-28(26)25-29/h3-25,33,39H,2H2,1H3. The molecule has 1 aromatic heterocycles. The van der Waals surface area contributed by atoms with Gasteiger partial charge in [0.1, 0.15) is 5.82 Å². The van der Waals surface area contributed by atoms with Gasteiger partial charge in [0.25, 0.3) is 0 Å². The molecule has 0 fully saturated rings. The van der Waals surface area contributed by atoms with Gasteiger partial charge >= 0.3 is 0 Å². The van der Waals surface area contributed by atoms with E-state index >= 15 is 0 Å². The van der Waals surface area contributed by atoms with E-state index in [4.69, 9.17) is 4.98 Å². The van der Waals surface area contributed by atoms with Crippen LogP contribution in [0.4, 0.5) is 0 Å². The van der Waals surface area contributed by atoms with Gasteiger partial charge in [-0.1, -0.05) is 122 Å². The number of aryl methyl sites for hydroxylation is 1. The van der Waals surface area contributed by atoms with E-state index < -0.39 is 0 Å². The lowest BCUT2D eigenvalue weighted by Gasteiger charge is -2.37. The van der Waals surface area contributed by atoms with Crippen LogP contribution in [0, 0.1) is 5.92 Å². The summed E-state index contributed by atoms with van der Waals surface area (Å²) >= 11 is 0. The summed E-state index contributed by atoms with van der Waals surface area (Å²) in [4.78, 5) is 4.90. The average Bonchev–Trinajstić information content (AvgIpc) is 3.42. The van der Waals surface area contributed by atoms with Crippen molar-refractivity contribution in [2.24, 2.45) is 5.92 Å². The molecule has 0 saturated heterocycles. The van der Waals surface area contributed by atoms with Crippen molar-refractivity contribution in [3.05, 3.63) is 173 Å². The molecule has 2 heteroatoms. The summed E-state index contributed by atoms with van der Waals surface area (Å²) in [5.41, 5.74) is 11.4. The fraction of sp³-hybridized carbons (Fsp3) is 0.103. The van der Waals surface area contributed by atoms with Crippen molar-refractivity contribution >= 4 is 27.4 Å². The van der Waals surface area contributed by atoms with Gasteiger partial charge in [0.2, 0.25) is 0 Å². The number of benzene rings is 5. The Labute approximate surface area is 240 Å². The van der Waals surface area contributed by atoms with E-state index in [1.54, 1.807) is 0 Å². The number of aromatic nitrogens is 2. The Hall–Kier alpha value is -4.95. The molecule has 196 valence electrons. The van der Waals surface area contributed by atoms with Crippen LogP contribution >= 0.6 is 0 Å². The first-order valence-electron chi connectivity index (χ1n) is 14.5. The highest BCUT2D eigenvalue weighted by Gasteiger charge is 2.35. The van der Waals surface area contributed by atoms with Crippen LogP contribution in [-0.2, 0) is 6.42 Å². The maximum Gasteiger partial charge on any atom is 0.114 e. The fourth-order valence-electron chi connectivity index (χ4n) is 6.93. The molecule has 0 N–H and O–H groups in total. The Morgan fingerprint density at radius 1 is 0.732 bits per heavy atom. The molecule has 2 aliphatic carbocycles. The van der Waals surface area contributed by atoms with Crippen molar-refractivity contribution in [3.8, 4) is 5.69 Å². The lowest BCUT2D eigenvalue weighted by Crippen LogP contribution is -2.22. The van der Waals surface area contributed by atoms with E-state index in [-0.39, 0.29) is 11.8 Å². The smallest absolute Gasteiger partial charge is 0.114 e. The summed E-state index contributed by atoms with van der Waals surface area (Å²) in [7, 11) is 0. The molecule has 6 aromatic rings. The van der Waals surface area contributed by atoms with Crippen LogP contribution in [0.15, 0.2) is 145 Å². The van der Waals surface area contributed by atoms with E-state index in [2.05, 4.69) is 151 Å². The Morgan fingerprint density at radius 2 is 1.51 bits per heavy atom. The zero-order valence-corrected chi connectivity index (χ0v) is 23.0. The van der Waals surface area contributed by atoms with Gasteiger partial charge in [-0.3, -0.25) is 4.57 Å². The van der Waals surface area contributed by atoms with Crippen molar-refractivity contribution in [2.75, 3.05) is 0 Å². The predicted octanol–water partition coefficient (Wildman–Crippen LogP) is 9.43. The minimum absolute atomic E-state index is 0.263. The monoisotopic (exact) mass is 526 g/mol. The third-order valence-electron chi connectivity index (χ3n) is 8.77. The molecule has 2 nitrogen and oxygen atoms in total. The topological polar surface area (TPSA) is 17.8 Å². The predicted molar refractivity (Wildman–Crippen MR) is 170 cm³/mol. The average molecular weight is 527 g/mol. The maximum absolute atomic E-state index is 4.90. The molecule has 0 spiro atoms. The molecule has 2 unspecified atom stereocenters. The summed E-state index contributed by atoms with van der Waals surface area (Å²) in [5.74, 6) is 1.62. The van der Waals surface area contributed by atoms with Crippen LogP contribution in [0.25, 0.3) is 33.1 Å². The zero-order chi connectivity index (χ0) is 27.3. The van der Waals surface area contributed by atoms with Crippen LogP contribution in [0.2, 0.25) is 0 Å². The van der Waals surface area contributed by atoms with E-state index in [1.165, 1.54) is 44.2 Å². The van der Waals surface area contributed by atoms with Gasteiger partial charge in [-0.05, 0) is 68.4 Å². The summed E-state index contributed by atoms with van der Waals surface area (Å²) in [6, 6.07) is 42.2. The number of nitrogens with zero attached hydrogens (tertiary/aromatic N) is 2. The lowest BCUT2D eigenvalue weighted by atomic mass is 9.66. The third-order valence-corrected chi connectivity index (χ3v) is 8.77. The number of allylic oxidation sites excluding steroid dienone is 5. The largest absolute Gasteiger partial charge is 0.296 e. The first-order chi connectivity index (χ1) is 20.3. The number of hydrogen-bond acceptors (Lipinski definition) is 1. The number of imidazole rings is 1. The van der Waals surface area contributed by atoms with Crippen LogP contribution in [0.3, 0.4) is 0 Å². The Balaban J connectivity index is 1.28. The number of rotatable bonds is 4. The molecule has 2 atom stereocenters. The quantitative estimate of drug-likeness (QED) is 0.224. The summed E-state index contributed by atoms with van der Waals surface area (Å²) < 4.78 is 2.30. The molecule has 0 aliphatic heterocycles. The fourth-order valence-corrected chi connectivity index (χ4v) is 6.93. The Kier molecular flexibility index (Phi) is 5.60. The normalized spacial score (nSPS) is 17.7. The molecule has 41 heavy (non-hydrogen) atoms. The summed E-state index contributed by atoms with van der Waals surface area (Å²) in [6.07, 6.45) is 10.0. The van der Waals surface area contributed by atoms with Crippen molar-refractivity contribution in [1.29, 1.82) is 0 Å². The van der Waals surface area contributed by atoms with Crippen molar-refractivity contribution in [2.45, 2.75) is 19.3 Å². The van der Waals surface area contributed by atoms with Gasteiger partial charge in [0.05, 0.1) is 11.0 Å². The molecule has 5 aromatic carbocycles. The van der Waals surface area contributed by atoms with Crippen molar-refractivity contribution in [1.82, 2.24) is 9.55 Å². The van der Waals surface area contributed by atoms with Crippen molar-refractivity contribution in [3.63, 3.8) is 0 Å². The van der Waals surface area contributed by atoms with Crippen LogP contribution in [0.5, 0.6) is 0 Å². The molecule has 2 aliphatic rings. The minimum Gasteiger partial charge on any atom is -0.296 e. The second kappa shape index (κ2) is 9.60. The highest BCUT2D eigenvalue weighted by Crippen LogP contribution is 2.50. The van der Waals surface area contributed by atoms with Gasteiger partial charge in [-0.15, -0.1) is 0 Å². The number of para-hydroxylation sites is 2. The van der Waals surface area contributed by atoms with Gasteiger partial charge in [-0.25, -0.2) is 4.98 Å². The van der Waals surface area contributed by atoms with E-state index in [9.17, 15) is 0 Å². The van der Waals surface area contributed by atoms with Gasteiger partial charge in [0.15, 0.2) is 0 Å². The SMILES string of the molecule is CCc1nc2ccccc2n1-c1ccc(C2=C3C=CC=CC3C(c3ccc4ccccc4c3)c3ccccc32)cc1. The molecule has 0 saturated carbocycles. The summed E-state index contributed by atoms with van der Waals surface area (Å²) in [6.45, 7) is 2.17. The van der Waals surface area contributed by atoms with Crippen LogP contribution in [0.1, 0.15) is 40.9 Å². The van der Waals surface area contributed by atoms with Crippen LogP contribution in [-0.4, -0.2) is 9.55 Å². The highest BCUT2D eigenvalue weighted by atomic mass is 15.1. The second-order valence-electron chi connectivity index (χ2n) is 11.0. The highest BCUT2D eigenvalue weighted by molar-refractivity contribution is 5.90.